The molecule has 0 saturated carbocycles. The van der Waals surface area contributed by atoms with Crippen molar-refractivity contribution in [2.75, 3.05) is 32.8 Å². The fraction of sp³-hybridized carbons (Fsp3) is 0.625. The van der Waals surface area contributed by atoms with Crippen LogP contribution in [0, 0.1) is 0 Å². The Kier molecular flexibility index (Phi) is 5.90. The molecule has 118 valence electrons. The molecule has 1 aliphatic rings. The van der Waals surface area contributed by atoms with Crippen LogP contribution in [0.1, 0.15) is 26.3 Å². The number of aromatic hydroxyl groups is 1. The zero-order valence-corrected chi connectivity index (χ0v) is 14.7. The molecule has 2 rings (SSSR count). The molecule has 0 radical (unpaired) electrons. The second kappa shape index (κ2) is 7.47. The molecule has 21 heavy (non-hydrogen) atoms. The van der Waals surface area contributed by atoms with Gasteiger partial charge in [0.1, 0.15) is 0 Å². The van der Waals surface area contributed by atoms with Gasteiger partial charge in [0.2, 0.25) is 0 Å². The third-order valence-corrected chi connectivity index (χ3v) is 4.54. The van der Waals surface area contributed by atoms with E-state index in [1.54, 1.807) is 0 Å². The maximum absolute atomic E-state index is 9.96. The molecule has 1 heterocycles. The molecular weight excluding hydrogens is 332 g/mol. The van der Waals surface area contributed by atoms with Crippen LogP contribution in [-0.4, -0.2) is 53.7 Å². The Labute approximate surface area is 135 Å². The zero-order chi connectivity index (χ0) is 15.4. The molecule has 0 atom stereocenters. The Morgan fingerprint density at radius 1 is 1.24 bits per heavy atom. The van der Waals surface area contributed by atoms with Crippen LogP contribution in [0.15, 0.2) is 16.6 Å². The van der Waals surface area contributed by atoms with E-state index in [-0.39, 0.29) is 5.75 Å². The number of hydrogen-bond acceptors (Lipinski definition) is 4. The first-order valence-corrected chi connectivity index (χ1v) is 8.41. The van der Waals surface area contributed by atoms with Crippen LogP contribution in [0.3, 0.4) is 0 Å². The van der Waals surface area contributed by atoms with E-state index < -0.39 is 0 Å². The highest BCUT2D eigenvalue weighted by Gasteiger charge is 2.19. The van der Waals surface area contributed by atoms with Crippen LogP contribution < -0.4 is 4.74 Å². The van der Waals surface area contributed by atoms with E-state index in [9.17, 15) is 5.11 Å². The summed E-state index contributed by atoms with van der Waals surface area (Å²) in [5.41, 5.74) is 1.17. The van der Waals surface area contributed by atoms with Gasteiger partial charge in [-0.05, 0) is 54.4 Å². The summed E-state index contributed by atoms with van der Waals surface area (Å²) in [6, 6.07) is 4.55. The van der Waals surface area contributed by atoms with Crippen molar-refractivity contribution in [2.45, 2.75) is 33.4 Å². The first kappa shape index (κ1) is 16.6. The number of nitrogens with zero attached hydrogens (tertiary/aromatic N) is 2. The Morgan fingerprint density at radius 3 is 2.48 bits per heavy atom. The molecule has 1 aromatic rings. The summed E-state index contributed by atoms with van der Waals surface area (Å²) in [6.45, 7) is 12.3. The topological polar surface area (TPSA) is 35.9 Å². The Balaban J connectivity index is 2.00. The first-order chi connectivity index (χ1) is 10.0. The Bertz CT molecular complexity index is 472. The van der Waals surface area contributed by atoms with Gasteiger partial charge in [-0.2, -0.15) is 0 Å². The maximum Gasteiger partial charge on any atom is 0.172 e. The molecule has 0 unspecified atom stereocenters. The number of piperazine rings is 1. The number of ether oxygens (including phenoxy) is 1. The standard InChI is InChI=1S/C16H25BrN2O2/c1-4-21-15-10-13(9-14(17)16(15)20)11-18-5-7-19(8-6-18)12(2)3/h9-10,12,20H,4-8,11H2,1-3H3. The van der Waals surface area contributed by atoms with Gasteiger partial charge in [-0.1, -0.05) is 0 Å². The van der Waals surface area contributed by atoms with E-state index in [0.29, 0.717) is 22.9 Å². The van der Waals surface area contributed by atoms with Crippen LogP contribution in [0.25, 0.3) is 0 Å². The van der Waals surface area contributed by atoms with Crippen molar-refractivity contribution in [3.05, 3.63) is 22.2 Å². The van der Waals surface area contributed by atoms with Gasteiger partial charge in [-0.15, -0.1) is 0 Å². The summed E-state index contributed by atoms with van der Waals surface area (Å²) in [7, 11) is 0. The lowest BCUT2D eigenvalue weighted by molar-refractivity contribution is 0.104. The number of hydrogen-bond donors (Lipinski definition) is 1. The minimum atomic E-state index is 0.185. The third-order valence-electron chi connectivity index (χ3n) is 3.93. The van der Waals surface area contributed by atoms with Gasteiger partial charge in [0, 0.05) is 38.8 Å². The van der Waals surface area contributed by atoms with Crippen molar-refractivity contribution in [1.82, 2.24) is 9.80 Å². The Morgan fingerprint density at radius 2 is 1.90 bits per heavy atom. The summed E-state index contributed by atoms with van der Waals surface area (Å²) in [5, 5.41) is 9.96. The zero-order valence-electron chi connectivity index (χ0n) is 13.1. The van der Waals surface area contributed by atoms with Gasteiger partial charge < -0.3 is 9.84 Å². The number of phenolic OH excluding ortho intramolecular Hbond substituents is 1. The highest BCUT2D eigenvalue weighted by atomic mass is 79.9. The van der Waals surface area contributed by atoms with Gasteiger partial charge in [-0.3, -0.25) is 9.80 Å². The normalized spacial score (nSPS) is 17.4. The van der Waals surface area contributed by atoms with Gasteiger partial charge in [0.05, 0.1) is 11.1 Å². The molecule has 0 spiro atoms. The van der Waals surface area contributed by atoms with E-state index in [0.717, 1.165) is 32.7 Å². The van der Waals surface area contributed by atoms with E-state index in [2.05, 4.69) is 39.6 Å². The first-order valence-electron chi connectivity index (χ1n) is 7.61. The average molecular weight is 357 g/mol. The highest BCUT2D eigenvalue weighted by molar-refractivity contribution is 9.10. The lowest BCUT2D eigenvalue weighted by Crippen LogP contribution is -2.48. The summed E-state index contributed by atoms with van der Waals surface area (Å²) >= 11 is 3.40. The highest BCUT2D eigenvalue weighted by Crippen LogP contribution is 2.35. The quantitative estimate of drug-likeness (QED) is 0.879. The van der Waals surface area contributed by atoms with Gasteiger partial charge in [0.25, 0.3) is 0 Å². The van der Waals surface area contributed by atoms with Crippen LogP contribution in [0.2, 0.25) is 0 Å². The summed E-state index contributed by atoms with van der Waals surface area (Å²) in [4.78, 5) is 4.96. The molecule has 0 amide bonds. The number of rotatable bonds is 5. The van der Waals surface area contributed by atoms with Crippen molar-refractivity contribution in [3.63, 3.8) is 0 Å². The van der Waals surface area contributed by atoms with E-state index in [4.69, 9.17) is 4.74 Å². The van der Waals surface area contributed by atoms with Crippen molar-refractivity contribution in [3.8, 4) is 11.5 Å². The molecule has 1 aliphatic heterocycles. The fourth-order valence-corrected chi connectivity index (χ4v) is 3.17. The second-order valence-electron chi connectivity index (χ2n) is 5.76. The molecule has 4 nitrogen and oxygen atoms in total. The lowest BCUT2D eigenvalue weighted by Gasteiger charge is -2.37. The summed E-state index contributed by atoms with van der Waals surface area (Å²) < 4.78 is 6.19. The van der Waals surface area contributed by atoms with Crippen molar-refractivity contribution in [1.29, 1.82) is 0 Å². The predicted octanol–water partition coefficient (Wildman–Crippen LogP) is 3.08. The molecule has 0 bridgehead atoms. The van der Waals surface area contributed by atoms with E-state index >= 15 is 0 Å². The summed E-state index contributed by atoms with van der Waals surface area (Å²) in [6.07, 6.45) is 0. The third kappa shape index (κ3) is 4.34. The van der Waals surface area contributed by atoms with Gasteiger partial charge >= 0.3 is 0 Å². The molecule has 5 heteroatoms. The molecular formula is C16H25BrN2O2. The van der Waals surface area contributed by atoms with Crippen molar-refractivity contribution in [2.24, 2.45) is 0 Å². The SMILES string of the molecule is CCOc1cc(CN2CCN(C(C)C)CC2)cc(Br)c1O. The lowest BCUT2D eigenvalue weighted by atomic mass is 10.1. The Hall–Kier alpha value is -0.780. The second-order valence-corrected chi connectivity index (χ2v) is 6.62. The molecule has 1 N–H and O–H groups in total. The molecule has 0 aromatic heterocycles. The number of phenols is 1. The maximum atomic E-state index is 9.96. The van der Waals surface area contributed by atoms with Crippen LogP contribution in [-0.2, 0) is 6.54 Å². The fourth-order valence-electron chi connectivity index (χ4n) is 2.68. The van der Waals surface area contributed by atoms with E-state index in [1.807, 2.05) is 19.1 Å². The molecule has 1 aromatic carbocycles. The van der Waals surface area contributed by atoms with Crippen LogP contribution >= 0.6 is 15.9 Å². The largest absolute Gasteiger partial charge is 0.503 e. The molecule has 1 saturated heterocycles. The van der Waals surface area contributed by atoms with Crippen LogP contribution in [0.4, 0.5) is 0 Å². The van der Waals surface area contributed by atoms with Crippen LogP contribution in [0.5, 0.6) is 11.5 Å². The minimum absolute atomic E-state index is 0.185. The van der Waals surface area contributed by atoms with Gasteiger partial charge in [0.15, 0.2) is 11.5 Å². The molecule has 0 aliphatic carbocycles. The number of benzene rings is 1. The predicted molar refractivity (Wildman–Crippen MR) is 89.0 cm³/mol. The van der Waals surface area contributed by atoms with Crippen molar-refractivity contribution < 1.29 is 9.84 Å². The van der Waals surface area contributed by atoms with E-state index in [1.165, 1.54) is 5.56 Å². The summed E-state index contributed by atoms with van der Waals surface area (Å²) in [5.74, 6) is 0.743. The monoisotopic (exact) mass is 356 g/mol. The molecule has 1 fully saturated rings. The number of halogens is 1. The van der Waals surface area contributed by atoms with Crippen molar-refractivity contribution >= 4 is 15.9 Å². The average Bonchev–Trinajstić information content (AvgIpc) is 2.45. The van der Waals surface area contributed by atoms with Gasteiger partial charge in [-0.25, -0.2) is 0 Å². The minimum Gasteiger partial charge on any atom is -0.503 e. The smallest absolute Gasteiger partial charge is 0.172 e.